The first-order valence-corrected chi connectivity index (χ1v) is 6.18. The summed E-state index contributed by atoms with van der Waals surface area (Å²) in [6, 6.07) is 7.66. The number of anilines is 1. The van der Waals surface area contributed by atoms with E-state index in [1.54, 1.807) is 0 Å². The van der Waals surface area contributed by atoms with Gasteiger partial charge in [0.1, 0.15) is 5.75 Å². The second kappa shape index (κ2) is 5.84. The molecule has 0 unspecified atom stereocenters. The highest BCUT2D eigenvalue weighted by Gasteiger charge is 2.24. The van der Waals surface area contributed by atoms with Crippen LogP contribution in [0, 0.1) is 0 Å². The third-order valence-electron chi connectivity index (χ3n) is 2.81. The van der Waals surface area contributed by atoms with Crippen molar-refractivity contribution in [2.75, 3.05) is 31.6 Å². The Kier molecular flexibility index (Phi) is 4.17. The highest BCUT2D eigenvalue weighted by Crippen LogP contribution is 2.23. The molecule has 0 atom stereocenters. The number of hydrogen-bond acceptors (Lipinski definition) is 4. The molecule has 0 aromatic heterocycles. The molecule has 0 spiro atoms. The maximum absolute atomic E-state index is 11.8. The average Bonchev–Trinajstić information content (AvgIpc) is 2.30. The van der Waals surface area contributed by atoms with Crippen LogP contribution >= 0.6 is 0 Å². The minimum atomic E-state index is -0.0333. The lowest BCUT2D eigenvalue weighted by atomic mass is 10.1. The zero-order chi connectivity index (χ0) is 13.0. The van der Waals surface area contributed by atoms with E-state index in [4.69, 9.17) is 10.5 Å². The molecular weight excluding hydrogens is 230 g/mol. The van der Waals surface area contributed by atoms with Gasteiger partial charge in [-0.05, 0) is 19.1 Å². The molecule has 1 saturated heterocycles. The highest BCUT2D eigenvalue weighted by molar-refractivity contribution is 5.93. The number of nitrogens with zero attached hydrogens (tertiary/aromatic N) is 1. The van der Waals surface area contributed by atoms with Gasteiger partial charge in [0.2, 0.25) is 5.91 Å². The smallest absolute Gasteiger partial charge is 0.238 e. The summed E-state index contributed by atoms with van der Waals surface area (Å²) in [6.07, 6.45) is 0. The van der Waals surface area contributed by atoms with Crippen LogP contribution in [0.2, 0.25) is 0 Å². The van der Waals surface area contributed by atoms with Crippen LogP contribution in [-0.2, 0) is 4.79 Å². The quantitative estimate of drug-likeness (QED) is 0.804. The Morgan fingerprint density at radius 1 is 1.50 bits per heavy atom. The Hall–Kier alpha value is -1.59. The standard InChI is InChI=1S/C13H19N3O2/c1-2-18-12-6-4-3-5-11(12)15-13(17)9-16-7-10(14)8-16/h3-6,10H,2,7-9,14H2,1H3,(H,15,17). The minimum Gasteiger partial charge on any atom is -0.492 e. The van der Waals surface area contributed by atoms with Gasteiger partial charge < -0.3 is 15.8 Å². The first kappa shape index (κ1) is 12.9. The number of nitrogens with one attached hydrogen (secondary N) is 1. The molecule has 98 valence electrons. The zero-order valence-corrected chi connectivity index (χ0v) is 10.6. The molecule has 1 aliphatic heterocycles. The van der Waals surface area contributed by atoms with Gasteiger partial charge in [0.15, 0.2) is 0 Å². The molecule has 5 nitrogen and oxygen atoms in total. The number of para-hydroxylation sites is 2. The third-order valence-corrected chi connectivity index (χ3v) is 2.81. The monoisotopic (exact) mass is 249 g/mol. The molecule has 0 saturated carbocycles. The number of likely N-dealkylation sites (tertiary alicyclic amines) is 1. The van der Waals surface area contributed by atoms with Crippen molar-refractivity contribution in [1.29, 1.82) is 0 Å². The Morgan fingerprint density at radius 3 is 2.89 bits per heavy atom. The Bertz CT molecular complexity index is 416. The Labute approximate surface area is 107 Å². The number of ether oxygens (including phenoxy) is 1. The van der Waals surface area contributed by atoms with Crippen molar-refractivity contribution in [3.8, 4) is 5.75 Å². The van der Waals surface area contributed by atoms with Crippen LogP contribution in [-0.4, -0.2) is 43.1 Å². The van der Waals surface area contributed by atoms with Gasteiger partial charge in [-0.25, -0.2) is 0 Å². The summed E-state index contributed by atoms with van der Waals surface area (Å²) < 4.78 is 5.45. The molecule has 1 aliphatic rings. The lowest BCUT2D eigenvalue weighted by molar-refractivity contribution is -0.118. The van der Waals surface area contributed by atoms with Crippen LogP contribution < -0.4 is 15.8 Å². The molecule has 1 aromatic carbocycles. The lowest BCUT2D eigenvalue weighted by Gasteiger charge is -2.36. The predicted molar refractivity (Wildman–Crippen MR) is 70.7 cm³/mol. The largest absolute Gasteiger partial charge is 0.492 e. The number of nitrogens with two attached hydrogens (primary N) is 1. The molecule has 1 heterocycles. The van der Waals surface area contributed by atoms with Crippen LogP contribution in [0.3, 0.4) is 0 Å². The second-order valence-corrected chi connectivity index (χ2v) is 4.43. The molecule has 0 bridgehead atoms. The van der Waals surface area contributed by atoms with Gasteiger partial charge in [0.05, 0.1) is 18.8 Å². The minimum absolute atomic E-state index is 0.0333. The fraction of sp³-hybridized carbons (Fsp3) is 0.462. The van der Waals surface area contributed by atoms with Crippen LogP contribution in [0.5, 0.6) is 5.75 Å². The summed E-state index contributed by atoms with van der Waals surface area (Å²) in [5.74, 6) is 0.669. The summed E-state index contributed by atoms with van der Waals surface area (Å²) in [5, 5.41) is 2.86. The zero-order valence-electron chi connectivity index (χ0n) is 10.6. The summed E-state index contributed by atoms with van der Waals surface area (Å²) in [7, 11) is 0. The first-order chi connectivity index (χ1) is 8.69. The molecule has 0 aliphatic carbocycles. The highest BCUT2D eigenvalue weighted by atomic mass is 16.5. The van der Waals surface area contributed by atoms with E-state index in [-0.39, 0.29) is 11.9 Å². The number of amides is 1. The van der Waals surface area contributed by atoms with E-state index < -0.39 is 0 Å². The van der Waals surface area contributed by atoms with Gasteiger partial charge in [-0.1, -0.05) is 12.1 Å². The SMILES string of the molecule is CCOc1ccccc1NC(=O)CN1CC(N)C1. The van der Waals surface area contributed by atoms with E-state index in [9.17, 15) is 4.79 Å². The van der Waals surface area contributed by atoms with Crippen LogP contribution in [0.25, 0.3) is 0 Å². The topological polar surface area (TPSA) is 67.6 Å². The van der Waals surface area contributed by atoms with E-state index in [1.165, 1.54) is 0 Å². The van der Waals surface area contributed by atoms with Crippen molar-refractivity contribution in [2.45, 2.75) is 13.0 Å². The van der Waals surface area contributed by atoms with Crippen molar-refractivity contribution in [2.24, 2.45) is 5.73 Å². The molecule has 1 fully saturated rings. The summed E-state index contributed by atoms with van der Waals surface area (Å²) in [4.78, 5) is 13.8. The fourth-order valence-corrected chi connectivity index (χ4v) is 1.98. The molecule has 5 heteroatoms. The van der Waals surface area contributed by atoms with Crippen molar-refractivity contribution in [3.05, 3.63) is 24.3 Å². The molecule has 1 amide bonds. The Balaban J connectivity index is 1.90. The summed E-state index contributed by atoms with van der Waals surface area (Å²) in [5.41, 5.74) is 6.38. The number of rotatable bonds is 5. The maximum atomic E-state index is 11.8. The van der Waals surface area contributed by atoms with Crippen molar-refractivity contribution < 1.29 is 9.53 Å². The summed E-state index contributed by atoms with van der Waals surface area (Å²) >= 11 is 0. The van der Waals surface area contributed by atoms with Gasteiger partial charge in [0, 0.05) is 19.1 Å². The lowest BCUT2D eigenvalue weighted by Crippen LogP contribution is -2.57. The molecule has 18 heavy (non-hydrogen) atoms. The molecular formula is C13H19N3O2. The predicted octanol–water partition coefficient (Wildman–Crippen LogP) is 0.667. The third kappa shape index (κ3) is 3.21. The normalized spacial score (nSPS) is 16.1. The molecule has 2 rings (SSSR count). The van der Waals surface area contributed by atoms with Gasteiger partial charge in [-0.3, -0.25) is 9.69 Å². The van der Waals surface area contributed by atoms with Crippen molar-refractivity contribution in [1.82, 2.24) is 4.90 Å². The number of carbonyl (C=O) groups excluding carboxylic acids is 1. The maximum Gasteiger partial charge on any atom is 0.238 e. The van der Waals surface area contributed by atoms with E-state index >= 15 is 0 Å². The van der Waals surface area contributed by atoms with Gasteiger partial charge in [-0.2, -0.15) is 0 Å². The molecule has 0 radical (unpaired) electrons. The van der Waals surface area contributed by atoms with Crippen molar-refractivity contribution >= 4 is 11.6 Å². The van der Waals surface area contributed by atoms with Gasteiger partial charge in [-0.15, -0.1) is 0 Å². The van der Waals surface area contributed by atoms with E-state index in [2.05, 4.69) is 5.32 Å². The van der Waals surface area contributed by atoms with E-state index in [0.717, 1.165) is 13.1 Å². The van der Waals surface area contributed by atoms with Crippen LogP contribution in [0.15, 0.2) is 24.3 Å². The van der Waals surface area contributed by atoms with E-state index in [1.807, 2.05) is 36.1 Å². The summed E-state index contributed by atoms with van der Waals surface area (Å²) in [6.45, 7) is 4.46. The van der Waals surface area contributed by atoms with Crippen LogP contribution in [0.1, 0.15) is 6.92 Å². The average molecular weight is 249 g/mol. The van der Waals surface area contributed by atoms with E-state index in [0.29, 0.717) is 24.6 Å². The second-order valence-electron chi connectivity index (χ2n) is 4.43. The number of benzene rings is 1. The molecule has 3 N–H and O–H groups in total. The Morgan fingerprint density at radius 2 is 2.22 bits per heavy atom. The van der Waals surface area contributed by atoms with Crippen LogP contribution in [0.4, 0.5) is 5.69 Å². The molecule has 1 aromatic rings. The van der Waals surface area contributed by atoms with Crippen molar-refractivity contribution in [3.63, 3.8) is 0 Å². The number of carbonyl (C=O) groups is 1. The van der Waals surface area contributed by atoms with Gasteiger partial charge >= 0.3 is 0 Å². The number of hydrogen-bond donors (Lipinski definition) is 2. The fourth-order valence-electron chi connectivity index (χ4n) is 1.98. The van der Waals surface area contributed by atoms with Gasteiger partial charge in [0.25, 0.3) is 0 Å². The first-order valence-electron chi connectivity index (χ1n) is 6.18.